The van der Waals surface area contributed by atoms with E-state index < -0.39 is 17.4 Å². The van der Waals surface area contributed by atoms with Gasteiger partial charge >= 0.3 is 41.5 Å². The molecule has 0 atom stereocenters. The number of carbonyl (C=O) groups is 2. The van der Waals surface area contributed by atoms with E-state index in [1.54, 1.807) is 25.1 Å². The monoisotopic (exact) mass is 246 g/mol. The van der Waals surface area contributed by atoms with Gasteiger partial charge in [-0.15, -0.1) is 0 Å². The first-order chi connectivity index (χ1) is 7.55. The fraction of sp³-hybridized carbons (Fsp3) is 0.333. The van der Waals surface area contributed by atoms with Crippen molar-refractivity contribution in [1.82, 2.24) is 0 Å². The van der Waals surface area contributed by atoms with E-state index in [2.05, 4.69) is 0 Å². The van der Waals surface area contributed by atoms with E-state index >= 15 is 0 Å². The molecular formula is C12H15NaO4. The van der Waals surface area contributed by atoms with Crippen molar-refractivity contribution in [3.05, 3.63) is 35.9 Å². The van der Waals surface area contributed by atoms with E-state index in [1.807, 2.05) is 0 Å². The van der Waals surface area contributed by atoms with Crippen LogP contribution in [0.2, 0.25) is 0 Å². The Morgan fingerprint density at radius 3 is 2.00 bits per heavy atom. The maximum absolute atomic E-state index is 11.3. The molecule has 1 aromatic rings. The van der Waals surface area contributed by atoms with Gasteiger partial charge in [0.2, 0.25) is 0 Å². The average Bonchev–Trinajstić information content (AvgIpc) is 2.26. The van der Waals surface area contributed by atoms with Crippen LogP contribution in [0.25, 0.3) is 0 Å². The summed E-state index contributed by atoms with van der Waals surface area (Å²) in [6.45, 7) is 1.77. The largest absolute Gasteiger partial charge is 1.00 e. The number of carboxylic acids is 2. The molecule has 0 spiro atoms. The molecule has 17 heavy (non-hydrogen) atoms. The third-order valence-electron chi connectivity index (χ3n) is 2.62. The zero-order chi connectivity index (χ0) is 12.2. The molecule has 0 aliphatic heterocycles. The molecule has 0 saturated heterocycles. The summed E-state index contributed by atoms with van der Waals surface area (Å²) >= 11 is 0. The van der Waals surface area contributed by atoms with Gasteiger partial charge in [0.1, 0.15) is 0 Å². The van der Waals surface area contributed by atoms with Crippen LogP contribution in [0.1, 0.15) is 26.8 Å². The van der Waals surface area contributed by atoms with Crippen molar-refractivity contribution in [2.24, 2.45) is 0 Å². The number of hydrogen-bond donors (Lipinski definition) is 2. The first-order valence-electron chi connectivity index (χ1n) is 5.08. The molecule has 0 heterocycles. The minimum absolute atomic E-state index is 0. The summed E-state index contributed by atoms with van der Waals surface area (Å²) in [5.74, 6) is -2.62. The van der Waals surface area contributed by atoms with Crippen LogP contribution in [-0.2, 0) is 15.0 Å². The molecule has 0 bridgehead atoms. The van der Waals surface area contributed by atoms with Crippen LogP contribution in [0.5, 0.6) is 0 Å². The van der Waals surface area contributed by atoms with Crippen molar-refractivity contribution >= 4 is 11.9 Å². The average molecular weight is 246 g/mol. The van der Waals surface area contributed by atoms with Crippen LogP contribution < -0.4 is 29.6 Å². The minimum Gasteiger partial charge on any atom is -1.00 e. The quantitative estimate of drug-likeness (QED) is 0.517. The number of carboxylic acid groups (broad SMARTS) is 2. The Labute approximate surface area is 123 Å². The molecule has 0 amide bonds. The maximum Gasteiger partial charge on any atom is 1.00 e. The van der Waals surface area contributed by atoms with Gasteiger partial charge in [-0.05, 0) is 12.0 Å². The van der Waals surface area contributed by atoms with Gasteiger partial charge in [-0.25, -0.2) is 0 Å². The number of benzene rings is 1. The summed E-state index contributed by atoms with van der Waals surface area (Å²) in [6.07, 6.45) is 0.579. The molecule has 2 N–H and O–H groups in total. The Kier molecular flexibility index (Phi) is 6.45. The summed E-state index contributed by atoms with van der Waals surface area (Å²) in [5, 5.41) is 18.4. The Hall–Kier alpha value is -0.840. The van der Waals surface area contributed by atoms with E-state index in [-0.39, 0.29) is 37.4 Å². The molecule has 88 valence electrons. The fourth-order valence-corrected chi connectivity index (χ4v) is 1.79. The number of rotatable bonds is 5. The first-order valence-corrected chi connectivity index (χ1v) is 5.08. The zero-order valence-corrected chi connectivity index (χ0v) is 12.0. The molecule has 1 rings (SSSR count). The summed E-state index contributed by atoms with van der Waals surface area (Å²) in [5.41, 5.74) is -1.51. The second kappa shape index (κ2) is 6.79. The second-order valence-corrected chi connectivity index (χ2v) is 3.63. The third kappa shape index (κ3) is 3.09. The molecule has 0 aliphatic rings. The van der Waals surface area contributed by atoms with Gasteiger partial charge in [-0.1, -0.05) is 43.7 Å². The van der Waals surface area contributed by atoms with Gasteiger partial charge in [0.05, 0.1) is 0 Å². The van der Waals surface area contributed by atoms with E-state index in [0.717, 1.165) is 0 Å². The van der Waals surface area contributed by atoms with Crippen LogP contribution in [0.15, 0.2) is 30.3 Å². The topological polar surface area (TPSA) is 74.6 Å². The molecule has 0 saturated carbocycles. The summed E-state index contributed by atoms with van der Waals surface area (Å²) in [7, 11) is 0. The van der Waals surface area contributed by atoms with E-state index in [9.17, 15) is 19.8 Å². The predicted octanol–water partition coefficient (Wildman–Crippen LogP) is -0.990. The third-order valence-corrected chi connectivity index (χ3v) is 2.62. The Morgan fingerprint density at radius 1 is 1.18 bits per heavy atom. The summed E-state index contributed by atoms with van der Waals surface area (Å²) in [6, 6.07) is 8.09. The second-order valence-electron chi connectivity index (χ2n) is 3.63. The SMILES string of the molecule is CCCC(C(=O)O)(C(=O)O)c1ccccc1.[H-].[Na+]. The van der Waals surface area contributed by atoms with Gasteiger partial charge in [0.15, 0.2) is 5.41 Å². The van der Waals surface area contributed by atoms with Crippen molar-refractivity contribution in [3.63, 3.8) is 0 Å². The normalized spacial score (nSPS) is 10.4. The van der Waals surface area contributed by atoms with Crippen LogP contribution >= 0.6 is 0 Å². The van der Waals surface area contributed by atoms with Crippen LogP contribution in [-0.4, -0.2) is 22.2 Å². The van der Waals surface area contributed by atoms with E-state index in [4.69, 9.17) is 0 Å². The molecule has 0 fully saturated rings. The Bertz CT molecular complexity index is 380. The smallest absolute Gasteiger partial charge is 1.00 e. The number of aliphatic carboxylic acids is 2. The van der Waals surface area contributed by atoms with Crippen LogP contribution in [0.4, 0.5) is 0 Å². The molecule has 5 heteroatoms. The standard InChI is InChI=1S/C12H14O4.Na.H/c1-2-8-12(10(13)14,11(15)16)9-6-4-3-5-7-9;;/h3-7H,2,8H2,1H3,(H,13,14)(H,15,16);;/q;+1;-1. The maximum atomic E-state index is 11.3. The van der Waals surface area contributed by atoms with Crippen LogP contribution in [0, 0.1) is 0 Å². The Balaban J connectivity index is 0. The van der Waals surface area contributed by atoms with Gasteiger partial charge in [0.25, 0.3) is 0 Å². The van der Waals surface area contributed by atoms with Crippen molar-refractivity contribution in [2.75, 3.05) is 0 Å². The Morgan fingerprint density at radius 2 is 1.65 bits per heavy atom. The van der Waals surface area contributed by atoms with Gasteiger partial charge in [0, 0.05) is 0 Å². The molecule has 0 aliphatic carbocycles. The van der Waals surface area contributed by atoms with Crippen molar-refractivity contribution in [1.29, 1.82) is 0 Å². The molecule has 4 nitrogen and oxygen atoms in total. The van der Waals surface area contributed by atoms with Crippen molar-refractivity contribution < 1.29 is 50.8 Å². The predicted molar refractivity (Wildman–Crippen MR) is 59.4 cm³/mol. The van der Waals surface area contributed by atoms with Crippen molar-refractivity contribution in [2.45, 2.75) is 25.2 Å². The van der Waals surface area contributed by atoms with E-state index in [1.165, 1.54) is 12.1 Å². The number of hydrogen-bond acceptors (Lipinski definition) is 2. The molecule has 0 aromatic heterocycles. The fourth-order valence-electron chi connectivity index (χ4n) is 1.79. The first kappa shape index (κ1) is 16.2. The molecule has 1 aromatic carbocycles. The van der Waals surface area contributed by atoms with E-state index in [0.29, 0.717) is 12.0 Å². The zero-order valence-electron chi connectivity index (χ0n) is 11.0. The van der Waals surface area contributed by atoms with Gasteiger partial charge in [-0.2, -0.15) is 0 Å². The van der Waals surface area contributed by atoms with Crippen molar-refractivity contribution in [3.8, 4) is 0 Å². The summed E-state index contributed by atoms with van der Waals surface area (Å²) in [4.78, 5) is 22.5. The summed E-state index contributed by atoms with van der Waals surface area (Å²) < 4.78 is 0. The molecular weight excluding hydrogens is 231 g/mol. The molecule has 0 radical (unpaired) electrons. The van der Waals surface area contributed by atoms with Gasteiger partial charge in [-0.3, -0.25) is 9.59 Å². The minimum atomic E-state index is -1.82. The van der Waals surface area contributed by atoms with Gasteiger partial charge < -0.3 is 11.6 Å². The van der Waals surface area contributed by atoms with Crippen LogP contribution in [0.3, 0.4) is 0 Å². The molecule has 0 unspecified atom stereocenters.